The van der Waals surface area contributed by atoms with E-state index in [-0.39, 0.29) is 17.4 Å². The fourth-order valence-corrected chi connectivity index (χ4v) is 4.39. The Morgan fingerprint density at radius 2 is 2.03 bits per heavy atom. The van der Waals surface area contributed by atoms with Gasteiger partial charge in [-0.2, -0.15) is 5.26 Å². The quantitative estimate of drug-likeness (QED) is 0.596. The first-order valence-corrected chi connectivity index (χ1v) is 10.4. The molecular weight excluding hydrogens is 384 g/mol. The van der Waals surface area contributed by atoms with Crippen LogP contribution in [-0.4, -0.2) is 15.5 Å². The average molecular weight is 409 g/mol. The molecule has 0 radical (unpaired) electrons. The highest BCUT2D eigenvalue weighted by Gasteiger charge is 2.22. The van der Waals surface area contributed by atoms with Crippen molar-refractivity contribution in [2.45, 2.75) is 53.0 Å². The molecule has 150 valence electrons. The molecule has 2 aromatic heterocycles. The van der Waals surface area contributed by atoms with Gasteiger partial charge in [0.15, 0.2) is 0 Å². The van der Waals surface area contributed by atoms with E-state index in [9.17, 15) is 9.59 Å². The van der Waals surface area contributed by atoms with E-state index in [1.54, 1.807) is 11.5 Å². The molecule has 0 bridgehead atoms. The van der Waals surface area contributed by atoms with Crippen LogP contribution in [0, 0.1) is 25.2 Å². The maximum Gasteiger partial charge on any atom is 0.266 e. The number of hydrogen-bond donors (Lipinski definition) is 1. The molecular formula is C22H24N4O2S. The van der Waals surface area contributed by atoms with Gasteiger partial charge in [0.2, 0.25) is 0 Å². The van der Waals surface area contributed by atoms with Crippen LogP contribution < -0.4 is 10.9 Å². The number of nitriles is 1. The SMILES string of the molecule is Cc1ccccc1NC(=O)c1sc2nc(C(C)C)n(CCCC#N)c(=O)c2c1C. The van der Waals surface area contributed by atoms with Gasteiger partial charge in [-0.1, -0.05) is 32.0 Å². The summed E-state index contributed by atoms with van der Waals surface area (Å²) < 4.78 is 1.66. The van der Waals surface area contributed by atoms with Crippen molar-refractivity contribution < 1.29 is 4.79 Å². The van der Waals surface area contributed by atoms with Crippen molar-refractivity contribution in [3.05, 3.63) is 56.4 Å². The van der Waals surface area contributed by atoms with E-state index in [1.807, 2.05) is 45.0 Å². The summed E-state index contributed by atoms with van der Waals surface area (Å²) in [5.74, 6) is 0.509. The van der Waals surface area contributed by atoms with Crippen molar-refractivity contribution >= 4 is 33.1 Å². The van der Waals surface area contributed by atoms with Gasteiger partial charge in [-0.25, -0.2) is 4.98 Å². The number of amides is 1. The molecule has 0 unspecified atom stereocenters. The number of unbranched alkanes of at least 4 members (excludes halogenated alkanes) is 1. The first-order valence-electron chi connectivity index (χ1n) is 9.63. The van der Waals surface area contributed by atoms with E-state index in [0.29, 0.717) is 45.9 Å². The number of rotatable bonds is 6. The third-order valence-corrected chi connectivity index (χ3v) is 6.05. The minimum atomic E-state index is -0.235. The van der Waals surface area contributed by atoms with Gasteiger partial charge in [0.1, 0.15) is 10.7 Å². The first-order chi connectivity index (χ1) is 13.8. The molecule has 0 saturated heterocycles. The van der Waals surface area contributed by atoms with Crippen molar-refractivity contribution in [1.82, 2.24) is 9.55 Å². The molecule has 0 aliphatic rings. The molecule has 7 heteroatoms. The maximum absolute atomic E-state index is 13.2. The number of aryl methyl sites for hydroxylation is 2. The van der Waals surface area contributed by atoms with Crippen LogP contribution in [0.3, 0.4) is 0 Å². The van der Waals surface area contributed by atoms with E-state index in [0.717, 1.165) is 11.3 Å². The number of hydrogen-bond acceptors (Lipinski definition) is 5. The summed E-state index contributed by atoms with van der Waals surface area (Å²) >= 11 is 1.25. The second-order valence-corrected chi connectivity index (χ2v) is 8.35. The molecule has 2 heterocycles. The monoisotopic (exact) mass is 408 g/mol. The normalized spacial score (nSPS) is 11.0. The van der Waals surface area contributed by atoms with Crippen LogP contribution in [0.5, 0.6) is 0 Å². The minimum absolute atomic E-state index is 0.0563. The number of aromatic nitrogens is 2. The highest BCUT2D eigenvalue weighted by atomic mass is 32.1. The summed E-state index contributed by atoms with van der Waals surface area (Å²) in [6.07, 6.45) is 0.974. The molecule has 0 saturated carbocycles. The Bertz CT molecular complexity index is 1170. The number of anilines is 1. The number of benzene rings is 1. The van der Waals surface area contributed by atoms with Gasteiger partial charge < -0.3 is 5.32 Å². The third-order valence-electron chi connectivity index (χ3n) is 4.87. The zero-order valence-electron chi connectivity index (χ0n) is 17.1. The van der Waals surface area contributed by atoms with Gasteiger partial charge in [-0.05, 0) is 37.5 Å². The standard InChI is InChI=1S/C22H24N4O2S/c1-13(2)19-25-21-17(22(28)26(19)12-8-7-11-23)15(4)18(29-21)20(27)24-16-10-6-5-9-14(16)3/h5-6,9-10,13H,7-8,12H2,1-4H3,(H,24,27). The summed E-state index contributed by atoms with van der Waals surface area (Å²) in [7, 11) is 0. The molecule has 0 atom stereocenters. The Hall–Kier alpha value is -2.98. The van der Waals surface area contributed by atoms with Gasteiger partial charge in [-0.15, -0.1) is 11.3 Å². The third kappa shape index (κ3) is 4.08. The Morgan fingerprint density at radius 1 is 1.31 bits per heavy atom. The number of nitrogens with zero attached hydrogens (tertiary/aromatic N) is 3. The molecule has 29 heavy (non-hydrogen) atoms. The van der Waals surface area contributed by atoms with Crippen molar-refractivity contribution in [1.29, 1.82) is 5.26 Å². The first kappa shape index (κ1) is 20.7. The molecule has 0 aliphatic carbocycles. The minimum Gasteiger partial charge on any atom is -0.321 e. The Kier molecular flexibility index (Phi) is 6.14. The molecule has 6 nitrogen and oxygen atoms in total. The van der Waals surface area contributed by atoms with E-state index in [4.69, 9.17) is 10.2 Å². The molecule has 0 spiro atoms. The smallest absolute Gasteiger partial charge is 0.266 e. The van der Waals surface area contributed by atoms with Crippen molar-refractivity contribution in [2.75, 3.05) is 5.32 Å². The molecule has 3 rings (SSSR count). The lowest BCUT2D eigenvalue weighted by Crippen LogP contribution is -2.26. The van der Waals surface area contributed by atoms with Crippen LogP contribution in [0.15, 0.2) is 29.1 Å². The number of carbonyl (C=O) groups excluding carboxylic acids is 1. The van der Waals surface area contributed by atoms with Crippen LogP contribution in [-0.2, 0) is 6.54 Å². The van der Waals surface area contributed by atoms with Crippen LogP contribution >= 0.6 is 11.3 Å². The van der Waals surface area contributed by atoms with E-state index < -0.39 is 0 Å². The predicted octanol–water partition coefficient (Wildman–Crippen LogP) is 4.75. The van der Waals surface area contributed by atoms with Gasteiger partial charge in [0.05, 0.1) is 16.3 Å². The zero-order chi connectivity index (χ0) is 21.1. The molecule has 1 aromatic carbocycles. The van der Waals surface area contributed by atoms with Gasteiger partial charge in [-0.3, -0.25) is 14.2 Å². The number of thiophene rings is 1. The molecule has 0 aliphatic heterocycles. The number of carbonyl (C=O) groups is 1. The van der Waals surface area contributed by atoms with Crippen molar-refractivity contribution in [3.63, 3.8) is 0 Å². The lowest BCUT2D eigenvalue weighted by molar-refractivity contribution is 0.103. The molecule has 0 fully saturated rings. The van der Waals surface area contributed by atoms with Gasteiger partial charge in [0.25, 0.3) is 11.5 Å². The summed E-state index contributed by atoms with van der Waals surface area (Å²) in [4.78, 5) is 31.9. The van der Waals surface area contributed by atoms with Crippen LogP contribution in [0.1, 0.15) is 59.2 Å². The highest BCUT2D eigenvalue weighted by Crippen LogP contribution is 2.29. The summed E-state index contributed by atoms with van der Waals surface area (Å²) in [5, 5.41) is 12.2. The largest absolute Gasteiger partial charge is 0.321 e. The van der Waals surface area contributed by atoms with Crippen LogP contribution in [0.25, 0.3) is 10.2 Å². The zero-order valence-corrected chi connectivity index (χ0v) is 17.9. The number of nitrogens with one attached hydrogen (secondary N) is 1. The predicted molar refractivity (Wildman–Crippen MR) is 117 cm³/mol. The molecule has 1 amide bonds. The topological polar surface area (TPSA) is 87.8 Å². The fourth-order valence-electron chi connectivity index (χ4n) is 3.31. The summed E-state index contributed by atoms with van der Waals surface area (Å²) in [6, 6.07) is 9.69. The Balaban J connectivity index is 2.07. The summed E-state index contributed by atoms with van der Waals surface area (Å²) in [5.41, 5.74) is 2.23. The van der Waals surface area contributed by atoms with Crippen LogP contribution in [0.4, 0.5) is 5.69 Å². The lowest BCUT2D eigenvalue weighted by atomic mass is 10.1. The Morgan fingerprint density at radius 3 is 2.69 bits per heavy atom. The second kappa shape index (κ2) is 8.58. The average Bonchev–Trinajstić information content (AvgIpc) is 3.02. The number of fused-ring (bicyclic) bond motifs is 1. The maximum atomic E-state index is 13.2. The van der Waals surface area contributed by atoms with Gasteiger partial charge >= 0.3 is 0 Å². The van der Waals surface area contributed by atoms with Crippen LogP contribution in [0.2, 0.25) is 0 Å². The van der Waals surface area contributed by atoms with E-state index >= 15 is 0 Å². The van der Waals surface area contributed by atoms with Crippen molar-refractivity contribution in [2.24, 2.45) is 0 Å². The van der Waals surface area contributed by atoms with Crippen molar-refractivity contribution in [3.8, 4) is 6.07 Å². The molecule has 3 aromatic rings. The van der Waals surface area contributed by atoms with E-state index in [1.165, 1.54) is 11.3 Å². The lowest BCUT2D eigenvalue weighted by Gasteiger charge is -2.14. The highest BCUT2D eigenvalue weighted by molar-refractivity contribution is 7.20. The number of para-hydroxylation sites is 1. The summed E-state index contributed by atoms with van der Waals surface area (Å²) in [6.45, 7) is 8.15. The Labute approximate surface area is 173 Å². The molecule has 1 N–H and O–H groups in total. The fraction of sp³-hybridized carbons (Fsp3) is 0.364. The van der Waals surface area contributed by atoms with Gasteiger partial charge in [0, 0.05) is 24.6 Å². The second-order valence-electron chi connectivity index (χ2n) is 7.35. The van der Waals surface area contributed by atoms with E-state index in [2.05, 4.69) is 11.4 Å².